The number of nitrogen functional groups attached to an aromatic ring is 1. The minimum atomic E-state index is -0.631. The van der Waals surface area contributed by atoms with Crippen molar-refractivity contribution in [2.45, 2.75) is 6.42 Å². The summed E-state index contributed by atoms with van der Waals surface area (Å²) in [5.74, 6) is -0.561. The van der Waals surface area contributed by atoms with Gasteiger partial charge in [-0.1, -0.05) is 18.2 Å². The van der Waals surface area contributed by atoms with Crippen LogP contribution in [0.3, 0.4) is 0 Å². The van der Waals surface area contributed by atoms with E-state index in [0.29, 0.717) is 12.4 Å². The lowest BCUT2D eigenvalue weighted by Gasteiger charge is -2.13. The van der Waals surface area contributed by atoms with E-state index in [1.54, 1.807) is 17.4 Å². The van der Waals surface area contributed by atoms with Crippen molar-refractivity contribution in [3.63, 3.8) is 0 Å². The molecule has 1 amide bonds. The van der Waals surface area contributed by atoms with Gasteiger partial charge in [0.1, 0.15) is 17.8 Å². The van der Waals surface area contributed by atoms with Gasteiger partial charge in [-0.05, 0) is 30.0 Å². The van der Waals surface area contributed by atoms with Crippen LogP contribution in [0.25, 0.3) is 0 Å². The number of amides is 1. The van der Waals surface area contributed by atoms with Crippen LogP contribution in [0.4, 0.5) is 21.7 Å². The zero-order chi connectivity index (χ0) is 18.4. The van der Waals surface area contributed by atoms with Gasteiger partial charge in [-0.3, -0.25) is 15.6 Å². The van der Waals surface area contributed by atoms with Gasteiger partial charge in [0.2, 0.25) is 0 Å². The number of carbonyl (C=O) groups excluding carboxylic acids is 1. The Bertz CT molecular complexity index is 887. The molecule has 0 saturated carbocycles. The van der Waals surface area contributed by atoms with Crippen LogP contribution in [0.15, 0.2) is 48.1 Å². The third-order valence-corrected chi connectivity index (χ3v) is 4.48. The lowest BCUT2D eigenvalue weighted by molar-refractivity contribution is 0.0958. The number of benzene rings is 1. The summed E-state index contributed by atoms with van der Waals surface area (Å²) in [5, 5.41) is 5.16. The number of nitrogens with zero attached hydrogens (tertiary/aromatic N) is 2. The van der Waals surface area contributed by atoms with Crippen molar-refractivity contribution >= 4 is 34.6 Å². The highest BCUT2D eigenvalue weighted by Crippen LogP contribution is 2.22. The van der Waals surface area contributed by atoms with Crippen LogP contribution in [0.5, 0.6) is 0 Å². The highest BCUT2D eigenvalue weighted by Gasteiger charge is 2.12. The average molecular weight is 372 g/mol. The fourth-order valence-corrected chi connectivity index (χ4v) is 2.93. The number of hydrogen-bond donors (Lipinski definition) is 4. The fourth-order valence-electron chi connectivity index (χ4n) is 2.22. The maximum absolute atomic E-state index is 13.6. The van der Waals surface area contributed by atoms with Crippen molar-refractivity contribution in [2.24, 2.45) is 0 Å². The number of carbonyl (C=O) groups is 1. The van der Waals surface area contributed by atoms with E-state index in [1.807, 2.05) is 11.4 Å². The van der Waals surface area contributed by atoms with Crippen LogP contribution >= 0.6 is 11.3 Å². The van der Waals surface area contributed by atoms with Gasteiger partial charge in [0.05, 0.1) is 5.56 Å². The highest BCUT2D eigenvalue weighted by molar-refractivity contribution is 7.09. The monoisotopic (exact) mass is 372 g/mol. The smallest absolute Gasteiger partial charge is 0.272 e. The van der Waals surface area contributed by atoms with Gasteiger partial charge < -0.3 is 11.1 Å². The molecule has 2 heterocycles. The molecule has 3 aromatic rings. The molecule has 1 aromatic carbocycles. The second kappa shape index (κ2) is 8.26. The molecule has 0 aliphatic carbocycles. The van der Waals surface area contributed by atoms with Crippen LogP contribution in [-0.2, 0) is 6.42 Å². The van der Waals surface area contributed by atoms with Gasteiger partial charge >= 0.3 is 0 Å². The number of hydrazine groups is 1. The molecular formula is C17H17FN6OS. The summed E-state index contributed by atoms with van der Waals surface area (Å²) >= 11 is 1.68. The molecule has 0 radical (unpaired) electrons. The Morgan fingerprint density at radius 3 is 2.73 bits per heavy atom. The summed E-state index contributed by atoms with van der Waals surface area (Å²) in [6.07, 6.45) is 2.16. The maximum atomic E-state index is 13.6. The lowest BCUT2D eigenvalue weighted by Crippen LogP contribution is -2.31. The number of rotatable bonds is 7. The third-order valence-electron chi connectivity index (χ3n) is 3.54. The predicted molar refractivity (Wildman–Crippen MR) is 100 cm³/mol. The average Bonchev–Trinajstić information content (AvgIpc) is 3.16. The maximum Gasteiger partial charge on any atom is 0.272 e. The van der Waals surface area contributed by atoms with Crippen LogP contribution in [0.2, 0.25) is 0 Å². The minimum Gasteiger partial charge on any atom is -0.393 e. The quantitative estimate of drug-likeness (QED) is 0.475. The number of thiophene rings is 1. The molecule has 0 aliphatic heterocycles. The Hall–Kier alpha value is -3.20. The first-order chi connectivity index (χ1) is 12.6. The molecule has 0 atom stereocenters. The largest absolute Gasteiger partial charge is 0.393 e. The van der Waals surface area contributed by atoms with Gasteiger partial charge in [-0.25, -0.2) is 14.4 Å². The summed E-state index contributed by atoms with van der Waals surface area (Å²) < 4.78 is 13.6. The molecule has 0 unspecified atom stereocenters. The summed E-state index contributed by atoms with van der Waals surface area (Å²) in [6.45, 7) is 0.656. The van der Waals surface area contributed by atoms with E-state index >= 15 is 0 Å². The normalized spacial score (nSPS) is 10.3. The highest BCUT2D eigenvalue weighted by atomic mass is 32.1. The van der Waals surface area contributed by atoms with E-state index in [-0.39, 0.29) is 17.1 Å². The second-order valence-electron chi connectivity index (χ2n) is 5.30. The Morgan fingerprint density at radius 1 is 1.15 bits per heavy atom. The van der Waals surface area contributed by atoms with Crippen LogP contribution in [0, 0.1) is 5.82 Å². The summed E-state index contributed by atoms with van der Waals surface area (Å²) in [7, 11) is 0. The van der Waals surface area contributed by atoms with E-state index in [0.717, 1.165) is 6.42 Å². The molecule has 0 saturated heterocycles. The van der Waals surface area contributed by atoms with Crippen LogP contribution in [-0.4, -0.2) is 22.4 Å². The van der Waals surface area contributed by atoms with Crippen LogP contribution in [0.1, 0.15) is 15.2 Å². The molecule has 9 heteroatoms. The summed E-state index contributed by atoms with van der Waals surface area (Å²) in [4.78, 5) is 21.4. The minimum absolute atomic E-state index is 0.0816. The van der Waals surface area contributed by atoms with Crippen molar-refractivity contribution in [1.29, 1.82) is 0 Å². The van der Waals surface area contributed by atoms with Gasteiger partial charge in [0, 0.05) is 11.4 Å². The fraction of sp³-hybridized carbons (Fsp3) is 0.118. The number of halogens is 1. The zero-order valence-electron chi connectivity index (χ0n) is 13.7. The number of nitrogens with one attached hydrogen (secondary N) is 3. The number of anilines is 3. The van der Waals surface area contributed by atoms with E-state index in [9.17, 15) is 9.18 Å². The zero-order valence-corrected chi connectivity index (χ0v) is 14.5. The van der Waals surface area contributed by atoms with Crippen molar-refractivity contribution < 1.29 is 9.18 Å². The second-order valence-corrected chi connectivity index (χ2v) is 6.33. The Labute approximate surface area is 153 Å². The van der Waals surface area contributed by atoms with Gasteiger partial charge in [-0.15, -0.1) is 11.3 Å². The molecular weight excluding hydrogens is 355 g/mol. The van der Waals surface area contributed by atoms with Crippen molar-refractivity contribution in [3.05, 3.63) is 64.4 Å². The lowest BCUT2D eigenvalue weighted by atomic mass is 10.2. The topological polar surface area (TPSA) is 105 Å². The van der Waals surface area contributed by atoms with Gasteiger partial charge in [0.25, 0.3) is 5.91 Å². The van der Waals surface area contributed by atoms with Crippen molar-refractivity contribution in [1.82, 2.24) is 15.4 Å². The third kappa shape index (κ3) is 4.25. The van der Waals surface area contributed by atoms with E-state index in [4.69, 9.17) is 5.73 Å². The molecule has 134 valence electrons. The SMILES string of the molecule is Nc1c(NCCc2cccs2)ncnc1NNC(=O)c1ccccc1F. The van der Waals surface area contributed by atoms with Gasteiger partial charge in [-0.2, -0.15) is 0 Å². The van der Waals surface area contributed by atoms with Crippen molar-refractivity contribution in [2.75, 3.05) is 23.0 Å². The van der Waals surface area contributed by atoms with Crippen LogP contribution < -0.4 is 21.9 Å². The van der Waals surface area contributed by atoms with E-state index in [1.165, 1.54) is 29.4 Å². The van der Waals surface area contributed by atoms with Crippen molar-refractivity contribution in [3.8, 4) is 0 Å². The molecule has 0 fully saturated rings. The molecule has 3 rings (SSSR count). The molecule has 0 spiro atoms. The molecule has 26 heavy (non-hydrogen) atoms. The first-order valence-corrected chi connectivity index (χ1v) is 8.70. The number of hydrogen-bond acceptors (Lipinski definition) is 7. The number of aromatic nitrogens is 2. The molecule has 0 bridgehead atoms. The summed E-state index contributed by atoms with van der Waals surface area (Å²) in [5.41, 5.74) is 11.2. The van der Waals surface area contributed by atoms with E-state index < -0.39 is 11.7 Å². The first kappa shape index (κ1) is 17.6. The standard InChI is InChI=1S/C17H17FN6OS/c18-13-6-2-1-5-12(13)17(25)24-23-16-14(19)15(21-10-22-16)20-8-7-11-4-3-9-26-11/h1-6,9-10H,7-8,19H2,(H,24,25)(H2,20,21,22,23). The number of nitrogens with two attached hydrogens (primary N) is 1. The Kier molecular flexibility index (Phi) is 5.59. The van der Waals surface area contributed by atoms with E-state index in [2.05, 4.69) is 32.2 Å². The first-order valence-electron chi connectivity index (χ1n) is 7.83. The van der Waals surface area contributed by atoms with Gasteiger partial charge in [0.15, 0.2) is 11.6 Å². The molecule has 2 aromatic heterocycles. The molecule has 0 aliphatic rings. The Morgan fingerprint density at radius 2 is 1.96 bits per heavy atom. The predicted octanol–water partition coefficient (Wildman–Crippen LogP) is 2.67. The molecule has 5 N–H and O–H groups in total. The molecule has 7 nitrogen and oxygen atoms in total. The Balaban J connectivity index is 1.60. The summed E-state index contributed by atoms with van der Waals surface area (Å²) in [6, 6.07) is 9.74.